The summed E-state index contributed by atoms with van der Waals surface area (Å²) in [6.45, 7) is 6.24. The molecule has 0 spiro atoms. The molecular weight excluding hydrogens is 320 g/mol. The number of aliphatic carboxylic acids is 1. The number of nitrogens with zero attached hydrogens (tertiary/aromatic N) is 2. The summed E-state index contributed by atoms with van der Waals surface area (Å²) in [5.41, 5.74) is 0.161. The highest BCUT2D eigenvalue weighted by Gasteiger charge is 2.36. The van der Waals surface area contributed by atoms with Crippen molar-refractivity contribution >= 4 is 29.4 Å². The highest BCUT2D eigenvalue weighted by molar-refractivity contribution is 6.30. The first-order valence-electron chi connectivity index (χ1n) is 7.40. The molecule has 1 aliphatic rings. The number of carbonyl (C=O) groups is 2. The Morgan fingerprint density at radius 1 is 1.22 bits per heavy atom. The molecule has 126 valence electrons. The largest absolute Gasteiger partial charge is 0.480 e. The number of ether oxygens (including phenoxy) is 1. The maximum absolute atomic E-state index is 12.1. The van der Waals surface area contributed by atoms with Gasteiger partial charge in [-0.2, -0.15) is 0 Å². The number of hydrogen-bond acceptors (Lipinski definition) is 4. The normalized spacial score (nSPS) is 18.7. The van der Waals surface area contributed by atoms with Crippen molar-refractivity contribution in [3.8, 4) is 0 Å². The van der Waals surface area contributed by atoms with Crippen LogP contribution >= 0.6 is 11.6 Å². The van der Waals surface area contributed by atoms with Crippen molar-refractivity contribution < 1.29 is 19.4 Å². The minimum atomic E-state index is -0.979. The molecule has 0 unspecified atom stereocenters. The molecule has 0 radical (unpaired) electrons. The number of carbonyl (C=O) groups excluding carboxylic acids is 1. The van der Waals surface area contributed by atoms with Crippen LogP contribution in [0, 0.1) is 0 Å². The molecule has 1 saturated heterocycles. The van der Waals surface area contributed by atoms with Crippen LogP contribution in [0.5, 0.6) is 0 Å². The van der Waals surface area contributed by atoms with Crippen molar-refractivity contribution in [3.63, 3.8) is 0 Å². The number of rotatable bonds is 2. The summed E-state index contributed by atoms with van der Waals surface area (Å²) in [6, 6.07) is 6.17. The van der Waals surface area contributed by atoms with E-state index in [9.17, 15) is 14.7 Å². The van der Waals surface area contributed by atoms with Gasteiger partial charge in [0.2, 0.25) is 0 Å². The fourth-order valence-electron chi connectivity index (χ4n) is 2.43. The molecule has 1 fully saturated rings. The van der Waals surface area contributed by atoms with E-state index in [0.29, 0.717) is 18.1 Å². The molecule has 0 bridgehead atoms. The zero-order chi connectivity index (χ0) is 17.2. The van der Waals surface area contributed by atoms with E-state index in [1.807, 2.05) is 0 Å². The van der Waals surface area contributed by atoms with Crippen molar-refractivity contribution in [2.24, 2.45) is 0 Å². The number of halogens is 1. The quantitative estimate of drug-likeness (QED) is 0.896. The Bertz CT molecular complexity index is 583. The average molecular weight is 341 g/mol. The summed E-state index contributed by atoms with van der Waals surface area (Å²) < 4.78 is 5.32. The maximum atomic E-state index is 12.1. The second-order valence-corrected chi connectivity index (χ2v) is 6.89. The van der Waals surface area contributed by atoms with E-state index in [2.05, 4.69) is 0 Å². The molecule has 2 rings (SSSR count). The predicted octanol–water partition coefficient (Wildman–Crippen LogP) is 2.85. The Morgan fingerprint density at radius 3 is 2.35 bits per heavy atom. The minimum absolute atomic E-state index is 0.0763. The van der Waals surface area contributed by atoms with Crippen molar-refractivity contribution in [2.75, 3.05) is 24.5 Å². The first-order chi connectivity index (χ1) is 10.7. The van der Waals surface area contributed by atoms with Crippen LogP contribution in [0.3, 0.4) is 0 Å². The van der Waals surface area contributed by atoms with Gasteiger partial charge in [-0.25, -0.2) is 9.59 Å². The molecule has 1 heterocycles. The van der Waals surface area contributed by atoms with Gasteiger partial charge in [0, 0.05) is 23.8 Å². The lowest BCUT2D eigenvalue weighted by Gasteiger charge is -2.40. The van der Waals surface area contributed by atoms with Crippen LogP contribution in [-0.2, 0) is 9.53 Å². The van der Waals surface area contributed by atoms with Gasteiger partial charge in [0.15, 0.2) is 0 Å². The van der Waals surface area contributed by atoms with E-state index >= 15 is 0 Å². The van der Waals surface area contributed by atoms with Crippen LogP contribution in [0.4, 0.5) is 10.5 Å². The Hall–Kier alpha value is -1.95. The summed E-state index contributed by atoms with van der Waals surface area (Å²) in [4.78, 5) is 27.0. The van der Waals surface area contributed by atoms with Crippen LogP contribution in [-0.4, -0.2) is 53.3 Å². The van der Waals surface area contributed by atoms with Crippen LogP contribution in [0.2, 0.25) is 5.02 Å². The molecule has 7 heteroatoms. The van der Waals surface area contributed by atoms with Crippen LogP contribution in [0.25, 0.3) is 0 Å². The van der Waals surface area contributed by atoms with Crippen molar-refractivity contribution in [1.29, 1.82) is 0 Å². The second kappa shape index (κ2) is 6.66. The summed E-state index contributed by atoms with van der Waals surface area (Å²) in [5.74, 6) is -0.979. The summed E-state index contributed by atoms with van der Waals surface area (Å²) in [5, 5.41) is 10.1. The SMILES string of the molecule is CC(C)(C)OC(=O)N1CCN(c2ccc(Cl)cc2)[C@@H](C(=O)O)C1. The van der Waals surface area contributed by atoms with Gasteiger partial charge in [0.1, 0.15) is 11.6 Å². The van der Waals surface area contributed by atoms with Gasteiger partial charge < -0.3 is 19.6 Å². The lowest BCUT2D eigenvalue weighted by molar-refractivity contribution is -0.139. The number of hydrogen-bond donors (Lipinski definition) is 1. The maximum Gasteiger partial charge on any atom is 0.410 e. The number of piperazine rings is 1. The Kier molecular flexibility index (Phi) is 5.04. The Morgan fingerprint density at radius 2 is 1.83 bits per heavy atom. The number of anilines is 1. The molecule has 1 aromatic rings. The zero-order valence-corrected chi connectivity index (χ0v) is 14.2. The lowest BCUT2D eigenvalue weighted by atomic mass is 10.1. The molecule has 1 N–H and O–H groups in total. The first-order valence-corrected chi connectivity index (χ1v) is 7.78. The fraction of sp³-hybridized carbons (Fsp3) is 0.500. The molecular formula is C16H21ClN2O4. The van der Waals surface area contributed by atoms with E-state index in [4.69, 9.17) is 16.3 Å². The average Bonchev–Trinajstić information content (AvgIpc) is 2.45. The standard InChI is InChI=1S/C16H21ClN2O4/c1-16(2,3)23-15(22)18-8-9-19(13(10-18)14(20)21)12-6-4-11(17)5-7-12/h4-7,13H,8-10H2,1-3H3,(H,20,21)/t13-/m1/s1. The predicted molar refractivity (Wildman–Crippen MR) is 88.0 cm³/mol. The molecule has 1 atom stereocenters. The molecule has 1 amide bonds. The van der Waals surface area contributed by atoms with Gasteiger partial charge in [0.25, 0.3) is 0 Å². The second-order valence-electron chi connectivity index (χ2n) is 6.45. The van der Waals surface area contributed by atoms with E-state index in [1.165, 1.54) is 4.90 Å². The number of carboxylic acid groups (broad SMARTS) is 1. The van der Waals surface area contributed by atoms with Crippen molar-refractivity contribution in [2.45, 2.75) is 32.4 Å². The van der Waals surface area contributed by atoms with Gasteiger partial charge in [-0.15, -0.1) is 0 Å². The summed E-state index contributed by atoms with van der Waals surface area (Å²) >= 11 is 5.87. The highest BCUT2D eigenvalue weighted by atomic mass is 35.5. The highest BCUT2D eigenvalue weighted by Crippen LogP contribution is 2.24. The molecule has 1 aromatic carbocycles. The smallest absolute Gasteiger partial charge is 0.410 e. The number of benzene rings is 1. The minimum Gasteiger partial charge on any atom is -0.480 e. The lowest BCUT2D eigenvalue weighted by Crippen LogP contribution is -2.58. The van der Waals surface area contributed by atoms with Gasteiger partial charge in [-0.1, -0.05) is 11.6 Å². The van der Waals surface area contributed by atoms with E-state index in [0.717, 1.165) is 5.69 Å². The van der Waals surface area contributed by atoms with E-state index < -0.39 is 23.7 Å². The van der Waals surface area contributed by atoms with Gasteiger partial charge in [-0.05, 0) is 45.0 Å². The van der Waals surface area contributed by atoms with Crippen LogP contribution in [0.1, 0.15) is 20.8 Å². The van der Waals surface area contributed by atoms with Crippen LogP contribution in [0.15, 0.2) is 24.3 Å². The third-order valence-corrected chi connectivity index (χ3v) is 3.73. The van der Waals surface area contributed by atoms with Gasteiger partial charge in [0.05, 0.1) is 6.54 Å². The topological polar surface area (TPSA) is 70.1 Å². The Labute approximate surface area is 140 Å². The molecule has 0 aliphatic carbocycles. The van der Waals surface area contributed by atoms with Crippen molar-refractivity contribution in [1.82, 2.24) is 4.90 Å². The van der Waals surface area contributed by atoms with E-state index in [1.54, 1.807) is 49.9 Å². The monoisotopic (exact) mass is 340 g/mol. The third-order valence-electron chi connectivity index (χ3n) is 3.48. The first kappa shape index (κ1) is 17.4. The summed E-state index contributed by atoms with van der Waals surface area (Å²) in [6.07, 6.45) is -0.487. The molecule has 6 nitrogen and oxygen atoms in total. The number of carboxylic acids is 1. The third kappa shape index (κ3) is 4.51. The fourth-order valence-corrected chi connectivity index (χ4v) is 2.55. The van der Waals surface area contributed by atoms with Gasteiger partial charge >= 0.3 is 12.1 Å². The van der Waals surface area contributed by atoms with Gasteiger partial charge in [-0.3, -0.25) is 0 Å². The zero-order valence-electron chi connectivity index (χ0n) is 13.5. The van der Waals surface area contributed by atoms with Crippen LogP contribution < -0.4 is 4.90 Å². The molecule has 0 aromatic heterocycles. The molecule has 1 aliphatic heterocycles. The van der Waals surface area contributed by atoms with Crippen molar-refractivity contribution in [3.05, 3.63) is 29.3 Å². The number of amides is 1. The summed E-state index contributed by atoms with van der Waals surface area (Å²) in [7, 11) is 0. The molecule has 0 saturated carbocycles. The van der Waals surface area contributed by atoms with E-state index in [-0.39, 0.29) is 6.54 Å². The Balaban J connectivity index is 2.13. The molecule has 23 heavy (non-hydrogen) atoms.